The number of carbonyl (C=O) groups is 1. The van der Waals surface area contributed by atoms with Crippen molar-refractivity contribution >= 4 is 43.8 Å². The van der Waals surface area contributed by atoms with E-state index in [1.165, 1.54) is 37.6 Å². The largest absolute Gasteiger partial charge is 0.497 e. The number of amides is 1. The number of rotatable bonds is 7. The topological polar surface area (TPSA) is 96.9 Å². The summed E-state index contributed by atoms with van der Waals surface area (Å²) in [5.41, 5.74) is 3.73. The smallest absolute Gasteiger partial charge is 0.271 e. The van der Waals surface area contributed by atoms with Crippen molar-refractivity contribution < 1.29 is 17.9 Å². The van der Waals surface area contributed by atoms with Crippen molar-refractivity contribution in [1.82, 2.24) is 5.43 Å². The van der Waals surface area contributed by atoms with E-state index in [9.17, 15) is 13.2 Å². The maximum atomic E-state index is 12.7. The molecular formula is C21H18BrN3O4S. The molecule has 0 aromatic heterocycles. The van der Waals surface area contributed by atoms with Crippen molar-refractivity contribution in [3.8, 4) is 5.75 Å². The van der Waals surface area contributed by atoms with Gasteiger partial charge < -0.3 is 4.74 Å². The van der Waals surface area contributed by atoms with Crippen molar-refractivity contribution in [3.05, 3.63) is 88.4 Å². The minimum absolute atomic E-state index is 0.0410. The summed E-state index contributed by atoms with van der Waals surface area (Å²) < 4.78 is 33.7. The molecule has 0 heterocycles. The van der Waals surface area contributed by atoms with Crippen molar-refractivity contribution in [3.63, 3.8) is 0 Å². The Morgan fingerprint density at radius 2 is 1.77 bits per heavy atom. The molecule has 0 saturated heterocycles. The number of nitrogens with zero attached hydrogens (tertiary/aromatic N) is 1. The maximum absolute atomic E-state index is 12.7. The molecule has 0 saturated carbocycles. The molecule has 7 nitrogen and oxygen atoms in total. The van der Waals surface area contributed by atoms with Crippen LogP contribution in [0.5, 0.6) is 5.75 Å². The summed E-state index contributed by atoms with van der Waals surface area (Å²) in [6.07, 6.45) is 1.49. The highest BCUT2D eigenvalue weighted by atomic mass is 79.9. The molecule has 30 heavy (non-hydrogen) atoms. The number of anilines is 1. The van der Waals surface area contributed by atoms with E-state index in [1.54, 1.807) is 24.3 Å². The molecule has 0 spiro atoms. The van der Waals surface area contributed by atoms with Gasteiger partial charge in [-0.15, -0.1) is 0 Å². The van der Waals surface area contributed by atoms with Crippen LogP contribution >= 0.6 is 15.9 Å². The van der Waals surface area contributed by atoms with Gasteiger partial charge in [-0.25, -0.2) is 13.8 Å². The molecule has 0 atom stereocenters. The number of carbonyl (C=O) groups excluding carboxylic acids is 1. The predicted molar refractivity (Wildman–Crippen MR) is 119 cm³/mol. The Bertz CT molecular complexity index is 1180. The van der Waals surface area contributed by atoms with Gasteiger partial charge in [-0.2, -0.15) is 5.10 Å². The van der Waals surface area contributed by atoms with Crippen LogP contribution in [-0.2, 0) is 10.0 Å². The molecule has 1 amide bonds. The van der Waals surface area contributed by atoms with Crippen LogP contribution in [0.3, 0.4) is 0 Å². The molecule has 3 rings (SSSR count). The van der Waals surface area contributed by atoms with Crippen LogP contribution in [0.4, 0.5) is 5.69 Å². The molecule has 0 bridgehead atoms. The van der Waals surface area contributed by atoms with Crippen LogP contribution in [0.15, 0.2) is 87.3 Å². The first-order valence-electron chi connectivity index (χ1n) is 8.74. The summed E-state index contributed by atoms with van der Waals surface area (Å²) in [5, 5.41) is 3.92. The zero-order valence-corrected chi connectivity index (χ0v) is 18.3. The molecule has 0 aliphatic carbocycles. The first-order chi connectivity index (χ1) is 14.4. The third kappa shape index (κ3) is 5.46. The van der Waals surface area contributed by atoms with Gasteiger partial charge in [0.15, 0.2) is 0 Å². The number of hydrazone groups is 1. The normalized spacial score (nSPS) is 11.3. The lowest BCUT2D eigenvalue weighted by atomic mass is 10.2. The number of nitrogens with one attached hydrogen (secondary N) is 2. The number of benzene rings is 3. The molecule has 3 aromatic carbocycles. The van der Waals surface area contributed by atoms with Crippen molar-refractivity contribution in [2.24, 2.45) is 5.10 Å². The molecule has 2 N–H and O–H groups in total. The van der Waals surface area contributed by atoms with Gasteiger partial charge in [-0.05, 0) is 48.5 Å². The monoisotopic (exact) mass is 487 g/mol. The van der Waals surface area contributed by atoms with E-state index in [2.05, 4.69) is 31.2 Å². The van der Waals surface area contributed by atoms with Gasteiger partial charge in [0.1, 0.15) is 5.75 Å². The molecule has 0 radical (unpaired) electrons. The predicted octanol–water partition coefficient (Wildman–Crippen LogP) is 4.02. The Balaban J connectivity index is 1.72. The van der Waals surface area contributed by atoms with Crippen LogP contribution in [0.1, 0.15) is 15.9 Å². The lowest BCUT2D eigenvalue weighted by molar-refractivity contribution is 0.0955. The second-order valence-corrected chi connectivity index (χ2v) is 8.62. The number of hydrogen-bond acceptors (Lipinski definition) is 5. The van der Waals surface area contributed by atoms with Crippen molar-refractivity contribution in [1.29, 1.82) is 0 Å². The second-order valence-electron chi connectivity index (χ2n) is 6.08. The number of halogens is 1. The standard InChI is InChI=1S/C21H18BrN3O4S/c1-29-18-11-9-17(10-12-18)25-30(27,28)19-7-4-6-15(13-19)21(26)24-23-14-16-5-2-3-8-20(16)22/h2-14,25H,1H3,(H,24,26)/b23-14+. The highest BCUT2D eigenvalue weighted by Gasteiger charge is 2.16. The molecule has 154 valence electrons. The zero-order valence-electron chi connectivity index (χ0n) is 15.9. The van der Waals surface area contributed by atoms with Gasteiger partial charge in [0.05, 0.1) is 18.2 Å². The summed E-state index contributed by atoms with van der Waals surface area (Å²) in [4.78, 5) is 12.3. The fourth-order valence-electron chi connectivity index (χ4n) is 2.48. The first-order valence-corrected chi connectivity index (χ1v) is 11.0. The van der Waals surface area contributed by atoms with Crippen LogP contribution in [0, 0.1) is 0 Å². The third-order valence-electron chi connectivity index (χ3n) is 4.02. The van der Waals surface area contributed by atoms with Crippen LogP contribution in [0.2, 0.25) is 0 Å². The second kappa shape index (κ2) is 9.55. The fourth-order valence-corrected chi connectivity index (χ4v) is 3.97. The summed E-state index contributed by atoms with van der Waals surface area (Å²) in [6.45, 7) is 0. The minimum Gasteiger partial charge on any atom is -0.497 e. The molecule has 0 fully saturated rings. The average molecular weight is 488 g/mol. The van der Waals surface area contributed by atoms with Crippen molar-refractivity contribution in [2.45, 2.75) is 4.90 Å². The quantitative estimate of drug-likeness (QED) is 0.388. The Kier molecular flexibility index (Phi) is 6.86. The SMILES string of the molecule is COc1ccc(NS(=O)(=O)c2cccc(C(=O)N/N=C/c3ccccc3Br)c2)cc1. The van der Waals surface area contributed by atoms with E-state index in [4.69, 9.17) is 4.74 Å². The molecule has 0 unspecified atom stereocenters. The molecule has 0 aliphatic heterocycles. The van der Waals surface area contributed by atoms with Crippen molar-refractivity contribution in [2.75, 3.05) is 11.8 Å². The van der Waals surface area contributed by atoms with Gasteiger partial charge in [0.25, 0.3) is 15.9 Å². The molecular weight excluding hydrogens is 470 g/mol. The average Bonchev–Trinajstić information content (AvgIpc) is 2.75. The van der Waals surface area contributed by atoms with E-state index in [1.807, 2.05) is 24.3 Å². The molecule has 9 heteroatoms. The zero-order chi connectivity index (χ0) is 21.6. The van der Waals surface area contributed by atoms with E-state index >= 15 is 0 Å². The van der Waals surface area contributed by atoms with Gasteiger partial charge in [0.2, 0.25) is 0 Å². The van der Waals surface area contributed by atoms with Gasteiger partial charge >= 0.3 is 0 Å². The lowest BCUT2D eigenvalue weighted by Crippen LogP contribution is -2.19. The number of ether oxygens (including phenoxy) is 1. The van der Waals surface area contributed by atoms with Crippen LogP contribution in [-0.4, -0.2) is 27.6 Å². The summed E-state index contributed by atoms with van der Waals surface area (Å²) in [6, 6.07) is 19.6. The van der Waals surface area contributed by atoms with E-state index in [-0.39, 0.29) is 10.5 Å². The molecule has 3 aromatic rings. The highest BCUT2D eigenvalue weighted by Crippen LogP contribution is 2.20. The Labute approximate surface area is 183 Å². The van der Waals surface area contributed by atoms with Crippen LogP contribution < -0.4 is 14.9 Å². The minimum atomic E-state index is -3.87. The third-order valence-corrected chi connectivity index (χ3v) is 6.12. The Morgan fingerprint density at radius 3 is 2.47 bits per heavy atom. The number of methoxy groups -OCH3 is 1. The Hall–Kier alpha value is -3.17. The van der Waals surface area contributed by atoms with Gasteiger partial charge in [-0.1, -0.05) is 40.2 Å². The number of hydrogen-bond donors (Lipinski definition) is 2. The van der Waals surface area contributed by atoms with Gasteiger partial charge in [0, 0.05) is 21.3 Å². The maximum Gasteiger partial charge on any atom is 0.271 e. The van der Waals surface area contributed by atoms with E-state index in [0.29, 0.717) is 11.4 Å². The highest BCUT2D eigenvalue weighted by molar-refractivity contribution is 9.10. The van der Waals surface area contributed by atoms with E-state index in [0.717, 1.165) is 10.0 Å². The summed E-state index contributed by atoms with van der Waals surface area (Å²) in [5.74, 6) is 0.0829. The lowest BCUT2D eigenvalue weighted by Gasteiger charge is -2.10. The fraction of sp³-hybridized carbons (Fsp3) is 0.0476. The van der Waals surface area contributed by atoms with E-state index < -0.39 is 15.9 Å². The molecule has 0 aliphatic rings. The number of sulfonamides is 1. The first kappa shape index (κ1) is 21.5. The summed E-state index contributed by atoms with van der Waals surface area (Å²) in [7, 11) is -2.35. The van der Waals surface area contributed by atoms with Crippen LogP contribution in [0.25, 0.3) is 0 Å². The Morgan fingerprint density at radius 1 is 1.03 bits per heavy atom. The summed E-state index contributed by atoms with van der Waals surface area (Å²) >= 11 is 3.39. The van der Waals surface area contributed by atoms with Gasteiger partial charge in [-0.3, -0.25) is 9.52 Å².